The molecule has 6 heteroatoms. The molecular weight excluding hydrogens is 570 g/mol. The van der Waals surface area contributed by atoms with E-state index in [4.69, 9.17) is 4.74 Å². The molecule has 2 saturated heterocycles. The number of carbonyl (C=O) groups is 2. The van der Waals surface area contributed by atoms with Crippen LogP contribution < -0.4 is 4.74 Å². The molecule has 0 spiro atoms. The molecule has 6 nitrogen and oxygen atoms in total. The number of ether oxygens (including phenoxy) is 1. The number of benzene rings is 3. The second kappa shape index (κ2) is 15.1. The molecule has 0 radical (unpaired) electrons. The van der Waals surface area contributed by atoms with Crippen LogP contribution in [0.5, 0.6) is 5.75 Å². The quantitative estimate of drug-likeness (QED) is 0.183. The summed E-state index contributed by atoms with van der Waals surface area (Å²) in [6, 6.07) is 26.6. The average Bonchev–Trinajstić information content (AvgIpc) is 3.11. The van der Waals surface area contributed by atoms with Crippen LogP contribution >= 0.6 is 0 Å². The van der Waals surface area contributed by atoms with Crippen molar-refractivity contribution >= 4 is 17.4 Å². The second-order valence-electron chi connectivity index (χ2n) is 12.6. The third kappa shape index (κ3) is 7.59. The fraction of sp³-hybridized carbons (Fsp3) is 0.375. The van der Waals surface area contributed by atoms with E-state index in [1.807, 2.05) is 78.3 Å². The first-order chi connectivity index (χ1) is 22.3. The third-order valence-corrected chi connectivity index (χ3v) is 9.31. The minimum Gasteiger partial charge on any atom is -0.489 e. The average molecular weight is 616 g/mol. The molecule has 0 aliphatic carbocycles. The van der Waals surface area contributed by atoms with Crippen molar-refractivity contribution in [3.8, 4) is 11.8 Å². The van der Waals surface area contributed by atoms with Crippen molar-refractivity contribution in [1.82, 2.24) is 9.80 Å². The largest absolute Gasteiger partial charge is 0.489 e. The zero-order valence-corrected chi connectivity index (χ0v) is 27.4. The second-order valence-corrected chi connectivity index (χ2v) is 12.6. The Morgan fingerprint density at radius 2 is 1.54 bits per heavy atom. The van der Waals surface area contributed by atoms with Gasteiger partial charge in [0.25, 0.3) is 11.8 Å². The zero-order valence-electron chi connectivity index (χ0n) is 27.4. The highest BCUT2D eigenvalue weighted by Gasteiger charge is 2.38. The summed E-state index contributed by atoms with van der Waals surface area (Å²) in [5.74, 6) is 0.519. The molecule has 3 aromatic carbocycles. The summed E-state index contributed by atoms with van der Waals surface area (Å²) in [6.07, 6.45) is 8.59. The first-order valence-corrected chi connectivity index (χ1v) is 16.6. The maximum absolute atomic E-state index is 14.2. The molecular formula is C40H45N3O3. The Morgan fingerprint density at radius 1 is 0.870 bits per heavy atom. The van der Waals surface area contributed by atoms with E-state index in [2.05, 4.69) is 37.3 Å². The van der Waals surface area contributed by atoms with Gasteiger partial charge in [0.05, 0.1) is 11.5 Å². The molecule has 2 aliphatic rings. The molecule has 3 aromatic rings. The molecule has 0 unspecified atom stereocenters. The van der Waals surface area contributed by atoms with Gasteiger partial charge in [0.1, 0.15) is 12.4 Å². The molecule has 2 aliphatic heterocycles. The van der Waals surface area contributed by atoms with Crippen LogP contribution in [0, 0.1) is 25.2 Å². The SMILES string of the molecule is CC/C=C(/C=C(/C(=O)N1CCCCC1)c1cc(OCc2ccc(C)cc2)ccc1C)C(=O)N1CCC(C#N)(c2ccccc2)CC1. The zero-order chi connectivity index (χ0) is 32.5. The lowest BCUT2D eigenvalue weighted by atomic mass is 9.74. The molecule has 2 fully saturated rings. The first kappa shape index (κ1) is 32.8. The monoisotopic (exact) mass is 615 g/mol. The Balaban J connectivity index is 1.44. The Bertz CT molecular complexity index is 1620. The van der Waals surface area contributed by atoms with Gasteiger partial charge in [0.2, 0.25) is 0 Å². The van der Waals surface area contributed by atoms with E-state index in [0.29, 0.717) is 68.9 Å². The van der Waals surface area contributed by atoms with Gasteiger partial charge in [-0.1, -0.05) is 79.2 Å². The number of likely N-dealkylation sites (tertiary alicyclic amines) is 2. The van der Waals surface area contributed by atoms with E-state index >= 15 is 0 Å². The molecule has 0 atom stereocenters. The molecule has 46 heavy (non-hydrogen) atoms. The summed E-state index contributed by atoms with van der Waals surface area (Å²) in [6.45, 7) is 8.86. The Kier molecular flexibility index (Phi) is 10.8. The molecule has 238 valence electrons. The highest BCUT2D eigenvalue weighted by atomic mass is 16.5. The van der Waals surface area contributed by atoms with Crippen LogP contribution in [-0.4, -0.2) is 47.8 Å². The van der Waals surface area contributed by atoms with E-state index in [1.165, 1.54) is 5.56 Å². The number of rotatable bonds is 9. The van der Waals surface area contributed by atoms with Crippen molar-refractivity contribution in [1.29, 1.82) is 5.26 Å². The predicted molar refractivity (Wildman–Crippen MR) is 183 cm³/mol. The van der Waals surface area contributed by atoms with Gasteiger partial charge in [-0.2, -0.15) is 5.26 Å². The van der Waals surface area contributed by atoms with Crippen molar-refractivity contribution in [3.05, 3.63) is 118 Å². The molecule has 2 heterocycles. The molecule has 0 N–H and O–H groups in total. The lowest BCUT2D eigenvalue weighted by Crippen LogP contribution is -2.45. The van der Waals surface area contributed by atoms with Gasteiger partial charge in [-0.15, -0.1) is 0 Å². The Morgan fingerprint density at radius 3 is 2.20 bits per heavy atom. The van der Waals surface area contributed by atoms with Gasteiger partial charge >= 0.3 is 0 Å². The molecule has 5 rings (SSSR count). The normalized spacial score (nSPS) is 16.9. The van der Waals surface area contributed by atoms with E-state index in [-0.39, 0.29) is 11.8 Å². The van der Waals surface area contributed by atoms with Gasteiger partial charge in [0, 0.05) is 37.3 Å². The molecule has 0 bridgehead atoms. The van der Waals surface area contributed by atoms with Crippen LogP contribution in [0.15, 0.2) is 90.5 Å². The number of aryl methyl sites for hydroxylation is 2. The highest BCUT2D eigenvalue weighted by Crippen LogP contribution is 2.36. The summed E-state index contributed by atoms with van der Waals surface area (Å²) in [5.41, 5.74) is 5.42. The van der Waals surface area contributed by atoms with Crippen LogP contribution in [0.2, 0.25) is 0 Å². The number of allylic oxidation sites excluding steroid dienone is 1. The maximum Gasteiger partial charge on any atom is 0.254 e. The number of hydrogen-bond acceptors (Lipinski definition) is 4. The van der Waals surface area contributed by atoms with Crippen molar-refractivity contribution in [2.75, 3.05) is 26.2 Å². The number of nitrogens with zero attached hydrogens (tertiary/aromatic N) is 3. The predicted octanol–water partition coefficient (Wildman–Crippen LogP) is 7.70. The van der Waals surface area contributed by atoms with Crippen molar-refractivity contribution < 1.29 is 14.3 Å². The van der Waals surface area contributed by atoms with E-state index in [1.54, 1.807) is 6.08 Å². The van der Waals surface area contributed by atoms with Crippen LogP contribution in [0.25, 0.3) is 5.57 Å². The van der Waals surface area contributed by atoms with E-state index in [0.717, 1.165) is 41.5 Å². The van der Waals surface area contributed by atoms with Crippen molar-refractivity contribution in [2.45, 2.75) is 71.3 Å². The molecule has 0 saturated carbocycles. The van der Waals surface area contributed by atoms with Crippen molar-refractivity contribution in [2.24, 2.45) is 0 Å². The summed E-state index contributed by atoms with van der Waals surface area (Å²) in [5, 5.41) is 10.2. The summed E-state index contributed by atoms with van der Waals surface area (Å²) in [4.78, 5) is 32.1. The smallest absolute Gasteiger partial charge is 0.254 e. The summed E-state index contributed by atoms with van der Waals surface area (Å²) >= 11 is 0. The number of hydrogen-bond donors (Lipinski definition) is 0. The van der Waals surface area contributed by atoms with E-state index < -0.39 is 5.41 Å². The van der Waals surface area contributed by atoms with Crippen LogP contribution in [0.4, 0.5) is 0 Å². The minimum absolute atomic E-state index is 0.0560. The van der Waals surface area contributed by atoms with Crippen molar-refractivity contribution in [3.63, 3.8) is 0 Å². The topological polar surface area (TPSA) is 73.6 Å². The van der Waals surface area contributed by atoms with Crippen LogP contribution in [-0.2, 0) is 21.6 Å². The van der Waals surface area contributed by atoms with Gasteiger partial charge in [-0.3, -0.25) is 9.59 Å². The highest BCUT2D eigenvalue weighted by molar-refractivity contribution is 6.21. The maximum atomic E-state index is 14.2. The van der Waals surface area contributed by atoms with Gasteiger partial charge in [-0.25, -0.2) is 0 Å². The summed E-state index contributed by atoms with van der Waals surface area (Å²) < 4.78 is 6.20. The van der Waals surface area contributed by atoms with Crippen LogP contribution in [0.3, 0.4) is 0 Å². The minimum atomic E-state index is -0.603. The fourth-order valence-corrected chi connectivity index (χ4v) is 6.43. The lowest BCUT2D eigenvalue weighted by Gasteiger charge is -2.38. The van der Waals surface area contributed by atoms with Gasteiger partial charge in [-0.05, 0) is 92.8 Å². The number of nitriles is 1. The lowest BCUT2D eigenvalue weighted by molar-refractivity contribution is -0.128. The number of carbonyl (C=O) groups excluding carboxylic acids is 2. The Hall–Kier alpha value is -4.63. The number of piperidine rings is 2. The summed E-state index contributed by atoms with van der Waals surface area (Å²) in [7, 11) is 0. The van der Waals surface area contributed by atoms with E-state index in [9.17, 15) is 14.9 Å². The molecule has 0 aromatic heterocycles. The van der Waals surface area contributed by atoms with Gasteiger partial charge in [0.15, 0.2) is 0 Å². The standard InChI is InChI=1S/C40H45N3O3/c1-4-11-33(38(44)43-24-20-40(29-41,21-25-43)34-12-7-5-8-13-34)26-37(39(45)42-22-9-6-10-23-42)36-27-35(19-16-31(36)3)46-28-32-17-14-30(2)15-18-32/h5,7-8,11-19,26-27H,4,6,9-10,20-25,28H2,1-3H3/b33-11-,37-26+. The van der Waals surface area contributed by atoms with Crippen LogP contribution in [0.1, 0.15) is 73.3 Å². The first-order valence-electron chi connectivity index (χ1n) is 16.6. The fourth-order valence-electron chi connectivity index (χ4n) is 6.43. The Labute approximate surface area is 274 Å². The third-order valence-electron chi connectivity index (χ3n) is 9.31. The van der Waals surface area contributed by atoms with Gasteiger partial charge < -0.3 is 14.5 Å². The number of amides is 2. The molecule has 2 amide bonds.